The van der Waals surface area contributed by atoms with E-state index in [1.54, 1.807) is 18.2 Å². The summed E-state index contributed by atoms with van der Waals surface area (Å²) in [6, 6.07) is 19.5. The fourth-order valence-corrected chi connectivity index (χ4v) is 6.47. The Hall–Kier alpha value is -4.51. The Bertz CT molecular complexity index is 1640. The van der Waals surface area contributed by atoms with Crippen LogP contribution in [0.15, 0.2) is 71.8 Å². The summed E-state index contributed by atoms with van der Waals surface area (Å²) < 4.78 is 42.9. The van der Waals surface area contributed by atoms with Crippen molar-refractivity contribution in [2.75, 3.05) is 19.7 Å². The van der Waals surface area contributed by atoms with Crippen LogP contribution in [-0.2, 0) is 17.9 Å². The predicted molar refractivity (Wildman–Crippen MR) is 177 cm³/mol. The second-order valence-corrected chi connectivity index (χ2v) is 13.2. The van der Waals surface area contributed by atoms with Gasteiger partial charge < -0.3 is 29.6 Å². The lowest BCUT2D eigenvalue weighted by Gasteiger charge is -2.39. The van der Waals surface area contributed by atoms with Gasteiger partial charge in [-0.2, -0.15) is 13.9 Å². The highest BCUT2D eigenvalue weighted by Gasteiger charge is 2.47. The second kappa shape index (κ2) is 14.3. The minimum atomic E-state index is -2.98. The van der Waals surface area contributed by atoms with Crippen molar-refractivity contribution in [2.24, 2.45) is 22.2 Å². The van der Waals surface area contributed by atoms with Crippen LogP contribution in [0.25, 0.3) is 0 Å². The van der Waals surface area contributed by atoms with Crippen molar-refractivity contribution in [3.8, 4) is 17.2 Å². The van der Waals surface area contributed by atoms with Crippen molar-refractivity contribution in [3.05, 3.63) is 89.0 Å². The number of halogens is 2. The van der Waals surface area contributed by atoms with E-state index in [0.717, 1.165) is 30.3 Å². The number of piperidine rings is 1. The van der Waals surface area contributed by atoms with Crippen molar-refractivity contribution in [2.45, 2.75) is 71.4 Å². The third-order valence-electron chi connectivity index (χ3n) is 9.49. The van der Waals surface area contributed by atoms with Crippen LogP contribution in [0.4, 0.5) is 8.78 Å². The third kappa shape index (κ3) is 7.31. The summed E-state index contributed by atoms with van der Waals surface area (Å²) >= 11 is 0. The number of aldehydes is 1. The van der Waals surface area contributed by atoms with Crippen LogP contribution in [0.1, 0.15) is 66.6 Å². The van der Waals surface area contributed by atoms with Crippen LogP contribution in [0.5, 0.6) is 17.2 Å². The molecule has 3 aromatic rings. The molecule has 11 heteroatoms. The number of ether oxygens (including phenoxy) is 3. The maximum Gasteiger partial charge on any atom is 0.387 e. The molecule has 2 heterocycles. The molecule has 3 aromatic carbocycles. The molecule has 0 spiro atoms. The molecule has 1 unspecified atom stereocenters. The van der Waals surface area contributed by atoms with Gasteiger partial charge in [-0.3, -0.25) is 9.80 Å². The van der Waals surface area contributed by atoms with Crippen LogP contribution in [0.3, 0.4) is 0 Å². The summed E-state index contributed by atoms with van der Waals surface area (Å²) in [5.74, 6) is 1.11. The summed E-state index contributed by atoms with van der Waals surface area (Å²) in [5.41, 5.74) is 8.98. The molecule has 1 saturated carbocycles. The molecule has 6 rings (SSSR count). The lowest BCUT2D eigenvalue weighted by Crippen LogP contribution is -2.50. The number of benzene rings is 3. The van der Waals surface area contributed by atoms with Crippen LogP contribution in [0, 0.1) is 11.3 Å². The van der Waals surface area contributed by atoms with Gasteiger partial charge in [0.25, 0.3) is 5.91 Å². The molecule has 2 fully saturated rings. The SMILES string of the molecule is CC1(C)C(c2ccc(OC(F)F)c(OCC3CC3)c2)=NN(C2CCN(C(=O)c3cc(OCc4ccccc4)ccc3CN)CC2)C1C=O. The first-order valence-electron chi connectivity index (χ1n) is 16.5. The summed E-state index contributed by atoms with van der Waals surface area (Å²) in [5, 5.41) is 6.84. The maximum atomic E-state index is 13.8. The Balaban J connectivity index is 1.16. The molecule has 2 aliphatic heterocycles. The number of amides is 1. The first kappa shape index (κ1) is 33.4. The van der Waals surface area contributed by atoms with E-state index in [1.807, 2.05) is 66.2 Å². The van der Waals surface area contributed by atoms with Gasteiger partial charge in [-0.1, -0.05) is 50.2 Å². The zero-order valence-corrected chi connectivity index (χ0v) is 27.3. The van der Waals surface area contributed by atoms with Gasteiger partial charge in [-0.25, -0.2) is 0 Å². The number of hydrogen-bond acceptors (Lipinski definition) is 8. The van der Waals surface area contributed by atoms with E-state index < -0.39 is 18.1 Å². The van der Waals surface area contributed by atoms with E-state index in [2.05, 4.69) is 0 Å². The predicted octanol–water partition coefficient (Wildman–Crippen LogP) is 6.03. The fourth-order valence-electron chi connectivity index (χ4n) is 6.47. The first-order chi connectivity index (χ1) is 23.2. The highest BCUT2D eigenvalue weighted by Crippen LogP contribution is 2.41. The number of hydrogen-bond donors (Lipinski definition) is 1. The molecule has 9 nitrogen and oxygen atoms in total. The van der Waals surface area contributed by atoms with Gasteiger partial charge in [0, 0.05) is 36.2 Å². The van der Waals surface area contributed by atoms with Gasteiger partial charge in [0.2, 0.25) is 0 Å². The molecule has 1 atom stereocenters. The Morgan fingerprint density at radius 1 is 1.00 bits per heavy atom. The number of carbonyl (C=O) groups excluding carboxylic acids is 2. The summed E-state index contributed by atoms with van der Waals surface area (Å²) in [6.07, 6.45) is 4.24. The Labute approximate surface area is 279 Å². The minimum Gasteiger partial charge on any atom is -0.489 e. The molecular formula is C37H42F2N4O5. The summed E-state index contributed by atoms with van der Waals surface area (Å²) in [7, 11) is 0. The first-order valence-corrected chi connectivity index (χ1v) is 16.5. The monoisotopic (exact) mass is 660 g/mol. The van der Waals surface area contributed by atoms with Crippen molar-refractivity contribution in [1.29, 1.82) is 0 Å². The van der Waals surface area contributed by atoms with E-state index in [0.29, 0.717) is 67.7 Å². The van der Waals surface area contributed by atoms with Gasteiger partial charge in [-0.15, -0.1) is 0 Å². The maximum absolute atomic E-state index is 13.8. The zero-order chi connectivity index (χ0) is 33.8. The highest BCUT2D eigenvalue weighted by atomic mass is 19.3. The van der Waals surface area contributed by atoms with E-state index >= 15 is 0 Å². The summed E-state index contributed by atoms with van der Waals surface area (Å²) in [4.78, 5) is 28.1. The van der Waals surface area contributed by atoms with Crippen molar-refractivity contribution in [1.82, 2.24) is 9.91 Å². The largest absolute Gasteiger partial charge is 0.489 e. The molecule has 2 N–H and O–H groups in total. The second-order valence-electron chi connectivity index (χ2n) is 13.2. The smallest absolute Gasteiger partial charge is 0.387 e. The lowest BCUT2D eigenvalue weighted by molar-refractivity contribution is -0.115. The van der Waals surface area contributed by atoms with Crippen LogP contribution in [0.2, 0.25) is 0 Å². The molecule has 0 bridgehead atoms. The van der Waals surface area contributed by atoms with Gasteiger partial charge in [0.05, 0.1) is 18.4 Å². The van der Waals surface area contributed by atoms with Gasteiger partial charge in [0.15, 0.2) is 11.5 Å². The van der Waals surface area contributed by atoms with Crippen molar-refractivity contribution >= 4 is 17.9 Å². The van der Waals surface area contributed by atoms with E-state index in [9.17, 15) is 18.4 Å². The van der Waals surface area contributed by atoms with Gasteiger partial charge in [-0.05, 0) is 73.1 Å². The Morgan fingerprint density at radius 2 is 1.75 bits per heavy atom. The van der Waals surface area contributed by atoms with E-state index in [4.69, 9.17) is 25.0 Å². The number of likely N-dealkylation sites (tertiary alicyclic amines) is 1. The molecule has 1 aliphatic carbocycles. The third-order valence-corrected chi connectivity index (χ3v) is 9.49. The summed E-state index contributed by atoms with van der Waals surface area (Å²) in [6.45, 7) is 2.93. The van der Waals surface area contributed by atoms with Crippen molar-refractivity contribution < 1.29 is 32.6 Å². The van der Waals surface area contributed by atoms with Crippen LogP contribution in [-0.4, -0.2) is 66.2 Å². The minimum absolute atomic E-state index is 0.0299. The van der Waals surface area contributed by atoms with E-state index in [-0.39, 0.29) is 30.0 Å². The number of carbonyl (C=O) groups is 2. The molecule has 254 valence electrons. The molecule has 1 amide bonds. The number of alkyl halides is 2. The van der Waals surface area contributed by atoms with Crippen LogP contribution >= 0.6 is 0 Å². The quantitative estimate of drug-likeness (QED) is 0.223. The number of nitrogens with two attached hydrogens (primary N) is 1. The average Bonchev–Trinajstić information content (AvgIpc) is 3.88. The average molecular weight is 661 g/mol. The number of rotatable bonds is 13. The molecule has 1 saturated heterocycles. The molecule has 0 radical (unpaired) electrons. The lowest BCUT2D eigenvalue weighted by atomic mass is 9.78. The molecule has 48 heavy (non-hydrogen) atoms. The highest BCUT2D eigenvalue weighted by molar-refractivity contribution is 6.07. The van der Waals surface area contributed by atoms with E-state index in [1.165, 1.54) is 6.07 Å². The normalized spacial score (nSPS) is 19.3. The zero-order valence-electron chi connectivity index (χ0n) is 27.3. The van der Waals surface area contributed by atoms with Gasteiger partial charge >= 0.3 is 6.61 Å². The van der Waals surface area contributed by atoms with Gasteiger partial charge in [0.1, 0.15) is 24.7 Å². The molecule has 0 aromatic heterocycles. The number of hydrazone groups is 1. The van der Waals surface area contributed by atoms with Crippen LogP contribution < -0.4 is 19.9 Å². The molecule has 3 aliphatic rings. The van der Waals surface area contributed by atoms with Crippen molar-refractivity contribution in [3.63, 3.8) is 0 Å². The number of nitrogens with zero attached hydrogens (tertiary/aromatic N) is 3. The topological polar surface area (TPSA) is 107 Å². The fraction of sp³-hybridized carbons (Fsp3) is 0.432. The standard InChI is InChI=1S/C37H42F2N4O5/c1-37(2)33(21-44)43(41-34(37)26-11-13-31(48-36(38)39)32(18-26)47-23-25-8-9-25)28-14-16-42(17-15-28)35(45)30-19-29(12-10-27(30)20-40)46-22-24-6-4-3-5-7-24/h3-7,10-13,18-19,21,25,28,33,36H,8-9,14-17,20,22-23,40H2,1-2H3. The molecular weight excluding hydrogens is 618 g/mol. The Kier molecular flexibility index (Phi) is 9.96. The Morgan fingerprint density at radius 3 is 2.42 bits per heavy atom.